The minimum atomic E-state index is 0. The first-order valence-corrected chi connectivity index (χ1v) is 6.70. The average molecular weight is 265 g/mol. The second-order valence-electron chi connectivity index (χ2n) is 3.33. The Morgan fingerprint density at radius 1 is 1.00 bits per heavy atom. The van der Waals surface area contributed by atoms with E-state index in [4.69, 9.17) is 14.2 Å². The molecule has 18 heavy (non-hydrogen) atoms. The van der Waals surface area contributed by atoms with Crippen LogP contribution < -0.4 is 5.32 Å². The van der Waals surface area contributed by atoms with Gasteiger partial charge in [0, 0.05) is 7.97 Å². The summed E-state index contributed by atoms with van der Waals surface area (Å²) < 4.78 is 15.6. The number of rotatable bonds is 12. The van der Waals surface area contributed by atoms with Crippen molar-refractivity contribution in [2.45, 2.75) is 27.7 Å². The Morgan fingerprint density at radius 3 is 2.00 bits per heavy atom. The largest absolute Gasteiger partial charge is 0.378 e. The molecule has 1 N–H and O–H groups in total. The van der Waals surface area contributed by atoms with Crippen molar-refractivity contribution in [2.75, 3.05) is 52.7 Å². The fourth-order valence-electron chi connectivity index (χ4n) is 0.977. The molecule has 0 atom stereocenters. The van der Waals surface area contributed by atoms with Crippen molar-refractivity contribution in [1.29, 1.82) is 0 Å². The maximum atomic E-state index is 10.5. The molecule has 0 rings (SSSR count). The Balaban J connectivity index is -0.000000809. The lowest BCUT2D eigenvalue weighted by Crippen LogP contribution is -2.20. The lowest BCUT2D eigenvalue weighted by atomic mass is 10.5. The van der Waals surface area contributed by atoms with Crippen LogP contribution in [0.4, 0.5) is 0 Å². The van der Waals surface area contributed by atoms with E-state index >= 15 is 0 Å². The van der Waals surface area contributed by atoms with Gasteiger partial charge >= 0.3 is 0 Å². The van der Waals surface area contributed by atoms with Gasteiger partial charge in [0.25, 0.3) is 0 Å². The first kappa shape index (κ1) is 19.8. The van der Waals surface area contributed by atoms with Crippen LogP contribution >= 0.6 is 0 Å². The number of carbonyl (C=O) groups is 1. The number of likely N-dealkylation sites (N-methyl/N-ethyl adjacent to an activating group) is 1. The lowest BCUT2D eigenvalue weighted by Gasteiger charge is -2.06. The normalized spacial score (nSPS) is 9.78. The van der Waals surface area contributed by atoms with E-state index in [-0.39, 0.29) is 13.8 Å². The van der Waals surface area contributed by atoms with Gasteiger partial charge in [-0.15, -0.1) is 0 Å². The summed E-state index contributed by atoms with van der Waals surface area (Å²) in [5.41, 5.74) is 0. The number of Topliss-reactive ketones (excluding diaryl/α,β-unsaturated/α-hetero) is 1. The molecule has 0 bridgehead atoms. The van der Waals surface area contributed by atoms with E-state index in [1.54, 1.807) is 0 Å². The van der Waals surface area contributed by atoms with Gasteiger partial charge in [0.05, 0.1) is 33.0 Å². The molecule has 0 aliphatic heterocycles. The zero-order valence-electron chi connectivity index (χ0n) is 12.3. The van der Waals surface area contributed by atoms with E-state index in [0.717, 1.165) is 13.1 Å². The van der Waals surface area contributed by atoms with Gasteiger partial charge in [0.1, 0.15) is 6.61 Å². The summed E-state index contributed by atoms with van der Waals surface area (Å²) in [6.07, 6.45) is 0. The van der Waals surface area contributed by atoms with Crippen LogP contribution in [0.15, 0.2) is 0 Å². The van der Waals surface area contributed by atoms with Crippen molar-refractivity contribution >= 4 is 5.78 Å². The molecule has 5 nitrogen and oxygen atoms in total. The summed E-state index contributed by atoms with van der Waals surface area (Å²) in [6, 6.07) is 0. The average Bonchev–Trinajstić information content (AvgIpc) is 2.38. The molecule has 0 aliphatic rings. The van der Waals surface area contributed by atoms with Crippen molar-refractivity contribution in [3.8, 4) is 0 Å². The molecule has 0 radical (unpaired) electrons. The number of ether oxygens (including phenoxy) is 3. The Labute approximate surface area is 113 Å². The van der Waals surface area contributed by atoms with Gasteiger partial charge in [0.2, 0.25) is 0 Å². The summed E-state index contributed by atoms with van der Waals surface area (Å²) in [4.78, 5) is 10.5. The van der Waals surface area contributed by atoms with Gasteiger partial charge in [-0.1, -0.05) is 20.8 Å². The third kappa shape index (κ3) is 20.9. The highest BCUT2D eigenvalue weighted by molar-refractivity contribution is 5.76. The fourth-order valence-corrected chi connectivity index (χ4v) is 0.977. The predicted octanol–water partition coefficient (Wildman–Crippen LogP) is 1.51. The number of hydrogen-bond donors (Lipinski definition) is 1. The Morgan fingerprint density at radius 2 is 1.50 bits per heavy atom. The van der Waals surface area contributed by atoms with E-state index in [2.05, 4.69) is 12.2 Å². The van der Waals surface area contributed by atoms with Crippen LogP contribution in [0.2, 0.25) is 0 Å². The van der Waals surface area contributed by atoms with Gasteiger partial charge < -0.3 is 19.5 Å². The van der Waals surface area contributed by atoms with Crippen molar-refractivity contribution < 1.29 is 20.4 Å². The molecule has 0 aromatic rings. The summed E-state index contributed by atoms with van der Waals surface area (Å²) in [5, 5.41) is 3.16. The zero-order chi connectivity index (χ0) is 14.1. The van der Waals surface area contributed by atoms with Crippen molar-refractivity contribution in [3.63, 3.8) is 0 Å². The standard InChI is InChI=1S/C11H23NO4.C2H6.H2/c1-3-12-4-5-14-6-7-15-8-9-16-10-11(2)13;1-2;/h12H,3-10H2,1-2H3;1-2H3;1H. The second-order valence-corrected chi connectivity index (χ2v) is 3.33. The molecule has 0 heterocycles. The lowest BCUT2D eigenvalue weighted by molar-refractivity contribution is -0.122. The van der Waals surface area contributed by atoms with Crippen LogP contribution in [0, 0.1) is 0 Å². The third-order valence-corrected chi connectivity index (χ3v) is 1.72. The SMILES string of the molecule is CC.CCNCCOCCOCCOCC(C)=O.[HH]. The van der Waals surface area contributed by atoms with Crippen molar-refractivity contribution in [1.82, 2.24) is 5.32 Å². The van der Waals surface area contributed by atoms with E-state index in [1.165, 1.54) is 6.92 Å². The van der Waals surface area contributed by atoms with Gasteiger partial charge in [0.15, 0.2) is 5.78 Å². The molecule has 0 saturated carbocycles. The van der Waals surface area contributed by atoms with Crippen molar-refractivity contribution in [2.24, 2.45) is 0 Å². The predicted molar refractivity (Wildman–Crippen MR) is 75.1 cm³/mol. The fraction of sp³-hybridized carbons (Fsp3) is 0.923. The Kier molecular flexibility index (Phi) is 20.8. The molecule has 0 amide bonds. The Hall–Kier alpha value is -0.490. The molecule has 0 fully saturated rings. The van der Waals surface area contributed by atoms with Crippen LogP contribution in [0.1, 0.15) is 29.1 Å². The maximum Gasteiger partial charge on any atom is 0.155 e. The van der Waals surface area contributed by atoms with Crippen LogP contribution in [0.5, 0.6) is 0 Å². The maximum absolute atomic E-state index is 10.5. The van der Waals surface area contributed by atoms with E-state index in [1.807, 2.05) is 13.8 Å². The highest BCUT2D eigenvalue weighted by Crippen LogP contribution is 1.81. The monoisotopic (exact) mass is 265 g/mol. The number of ketones is 1. The quantitative estimate of drug-likeness (QED) is 0.542. The van der Waals surface area contributed by atoms with Crippen LogP contribution in [-0.4, -0.2) is 58.5 Å². The van der Waals surface area contributed by atoms with E-state index in [9.17, 15) is 4.79 Å². The number of nitrogens with one attached hydrogen (secondary N) is 1. The summed E-state index contributed by atoms with van der Waals surface area (Å²) in [5.74, 6) is 0.0340. The molecule has 112 valence electrons. The topological polar surface area (TPSA) is 56.8 Å². The van der Waals surface area contributed by atoms with E-state index < -0.39 is 0 Å². The third-order valence-electron chi connectivity index (χ3n) is 1.72. The van der Waals surface area contributed by atoms with Crippen LogP contribution in [0.25, 0.3) is 0 Å². The van der Waals surface area contributed by atoms with Crippen LogP contribution in [0.3, 0.4) is 0 Å². The zero-order valence-corrected chi connectivity index (χ0v) is 12.3. The van der Waals surface area contributed by atoms with Gasteiger partial charge in [-0.2, -0.15) is 0 Å². The first-order valence-electron chi connectivity index (χ1n) is 6.70. The molecule has 0 aromatic carbocycles. The molecular formula is C13H31NO4. The Bertz CT molecular complexity index is 171. The summed E-state index contributed by atoms with van der Waals surface area (Å²) >= 11 is 0. The summed E-state index contributed by atoms with van der Waals surface area (Å²) in [7, 11) is 0. The minimum Gasteiger partial charge on any atom is -0.378 e. The molecule has 0 spiro atoms. The molecule has 0 unspecified atom stereocenters. The van der Waals surface area contributed by atoms with Gasteiger partial charge in [-0.05, 0) is 13.5 Å². The van der Waals surface area contributed by atoms with Gasteiger partial charge in [-0.25, -0.2) is 0 Å². The molecule has 0 aromatic heterocycles. The number of carbonyl (C=O) groups excluding carboxylic acids is 1. The van der Waals surface area contributed by atoms with E-state index in [0.29, 0.717) is 33.0 Å². The highest BCUT2D eigenvalue weighted by Gasteiger charge is 1.93. The molecule has 5 heteroatoms. The minimum absolute atomic E-state index is 0. The van der Waals surface area contributed by atoms with Crippen LogP contribution in [-0.2, 0) is 19.0 Å². The molecule has 0 saturated heterocycles. The highest BCUT2D eigenvalue weighted by atomic mass is 16.5. The van der Waals surface area contributed by atoms with Crippen molar-refractivity contribution in [3.05, 3.63) is 0 Å². The second kappa shape index (κ2) is 18.9. The summed E-state index contributed by atoms with van der Waals surface area (Å²) in [6.45, 7) is 12.4. The molecule has 0 aliphatic carbocycles. The number of hydrogen-bond acceptors (Lipinski definition) is 5. The first-order chi connectivity index (χ1) is 8.77. The molecular weight excluding hydrogens is 234 g/mol. The van der Waals surface area contributed by atoms with Gasteiger partial charge in [-0.3, -0.25) is 4.79 Å². The smallest absolute Gasteiger partial charge is 0.155 e.